The number of sulfonamides is 1. The first-order valence-electron chi connectivity index (χ1n) is 7.21. The Balaban J connectivity index is 2.35. The van der Waals surface area contributed by atoms with Crippen LogP contribution in [-0.4, -0.2) is 30.0 Å². The summed E-state index contributed by atoms with van der Waals surface area (Å²) >= 11 is 6.61. The van der Waals surface area contributed by atoms with Gasteiger partial charge in [0.1, 0.15) is 6.04 Å². The van der Waals surface area contributed by atoms with E-state index >= 15 is 0 Å². The molecule has 24 heavy (non-hydrogen) atoms. The van der Waals surface area contributed by atoms with Crippen molar-refractivity contribution in [3.63, 3.8) is 0 Å². The molecule has 0 fully saturated rings. The Hall–Kier alpha value is -0.770. The Labute approximate surface area is 159 Å². The second-order valence-corrected chi connectivity index (χ2v) is 10.2. The lowest BCUT2D eigenvalue weighted by Crippen LogP contribution is -2.30. The van der Waals surface area contributed by atoms with Crippen LogP contribution in [0.1, 0.15) is 45.5 Å². The Morgan fingerprint density at radius 2 is 1.83 bits per heavy atom. The predicted molar refractivity (Wildman–Crippen MR) is 98.2 cm³/mol. The first-order valence-corrected chi connectivity index (χ1v) is 10.2. The molecule has 2 aromatic rings. The van der Waals surface area contributed by atoms with Crippen molar-refractivity contribution in [1.82, 2.24) is 14.5 Å². The monoisotopic (exact) mass is 479 g/mol. The molecule has 1 aromatic heterocycles. The van der Waals surface area contributed by atoms with Crippen molar-refractivity contribution in [2.24, 2.45) is 0 Å². The van der Waals surface area contributed by atoms with Crippen LogP contribution in [0.3, 0.4) is 0 Å². The van der Waals surface area contributed by atoms with Crippen LogP contribution >= 0.6 is 31.9 Å². The molecule has 9 heteroatoms. The number of nitrogens with zero attached hydrogens (tertiary/aromatic N) is 3. The van der Waals surface area contributed by atoms with Gasteiger partial charge in [0.2, 0.25) is 21.8 Å². The molecule has 1 heterocycles. The molecule has 0 spiro atoms. The van der Waals surface area contributed by atoms with E-state index in [4.69, 9.17) is 4.42 Å². The molecule has 1 aromatic carbocycles. The Morgan fingerprint density at radius 1 is 1.21 bits per heavy atom. The Morgan fingerprint density at radius 3 is 2.33 bits per heavy atom. The smallest absolute Gasteiger partial charge is 0.244 e. The third-order valence-electron chi connectivity index (χ3n) is 3.54. The van der Waals surface area contributed by atoms with E-state index < -0.39 is 16.1 Å². The standard InChI is InChI=1S/C15H19Br2N3O3S/c1-9(13-18-19-14(23-13)15(2,3)4)20(5)24(21,22)12-7-6-10(16)8-11(12)17/h6-9H,1-5H3/t9-/m0/s1. The third-order valence-corrected chi connectivity index (χ3v) is 6.93. The number of halogens is 2. The molecule has 0 unspecified atom stereocenters. The highest BCUT2D eigenvalue weighted by molar-refractivity contribution is 9.11. The van der Waals surface area contributed by atoms with E-state index in [1.807, 2.05) is 20.8 Å². The fourth-order valence-electron chi connectivity index (χ4n) is 1.91. The van der Waals surface area contributed by atoms with Crippen molar-refractivity contribution in [3.8, 4) is 0 Å². The molecule has 0 bridgehead atoms. The van der Waals surface area contributed by atoms with Crippen molar-refractivity contribution in [2.75, 3.05) is 7.05 Å². The summed E-state index contributed by atoms with van der Waals surface area (Å²) in [4.78, 5) is 0.176. The summed E-state index contributed by atoms with van der Waals surface area (Å²) < 4.78 is 33.9. The zero-order chi connectivity index (χ0) is 18.3. The lowest BCUT2D eigenvalue weighted by molar-refractivity contribution is 0.301. The van der Waals surface area contributed by atoms with Crippen LogP contribution in [0.15, 0.2) is 36.5 Å². The molecule has 0 aliphatic rings. The van der Waals surface area contributed by atoms with Gasteiger partial charge < -0.3 is 4.42 Å². The lowest BCUT2D eigenvalue weighted by atomic mass is 9.97. The van der Waals surface area contributed by atoms with Gasteiger partial charge in [-0.15, -0.1) is 10.2 Å². The molecular weight excluding hydrogens is 462 g/mol. The minimum absolute atomic E-state index is 0.176. The molecule has 0 aliphatic heterocycles. The van der Waals surface area contributed by atoms with Crippen LogP contribution in [0.4, 0.5) is 0 Å². The third kappa shape index (κ3) is 3.89. The van der Waals surface area contributed by atoms with Gasteiger partial charge in [-0.25, -0.2) is 8.42 Å². The van der Waals surface area contributed by atoms with E-state index in [9.17, 15) is 8.42 Å². The molecule has 1 atom stereocenters. The largest absolute Gasteiger partial charge is 0.423 e. The zero-order valence-corrected chi connectivity index (χ0v) is 18.0. The highest BCUT2D eigenvalue weighted by atomic mass is 79.9. The molecule has 0 saturated carbocycles. The predicted octanol–water partition coefficient (Wildman–Crippen LogP) is 4.27. The van der Waals surface area contributed by atoms with E-state index in [2.05, 4.69) is 42.1 Å². The molecule has 0 radical (unpaired) electrons. The van der Waals surface area contributed by atoms with Crippen molar-refractivity contribution < 1.29 is 12.8 Å². The average molecular weight is 481 g/mol. The second-order valence-electron chi connectivity index (χ2n) is 6.47. The summed E-state index contributed by atoms with van der Waals surface area (Å²) in [5.74, 6) is 0.735. The molecule has 0 amide bonds. The van der Waals surface area contributed by atoms with Crippen molar-refractivity contribution in [3.05, 3.63) is 38.9 Å². The van der Waals surface area contributed by atoms with Crippen LogP contribution in [0.2, 0.25) is 0 Å². The van der Waals surface area contributed by atoms with Crippen molar-refractivity contribution in [1.29, 1.82) is 0 Å². The van der Waals surface area contributed by atoms with Gasteiger partial charge in [-0.2, -0.15) is 4.31 Å². The van der Waals surface area contributed by atoms with Gasteiger partial charge in [-0.3, -0.25) is 0 Å². The van der Waals surface area contributed by atoms with Crippen LogP contribution in [0, 0.1) is 0 Å². The van der Waals surface area contributed by atoms with Gasteiger partial charge in [0.25, 0.3) is 0 Å². The molecule has 132 valence electrons. The minimum atomic E-state index is -3.72. The van der Waals surface area contributed by atoms with Crippen LogP contribution < -0.4 is 0 Å². The first kappa shape index (κ1) is 19.6. The normalized spacial score (nSPS) is 14.2. The van der Waals surface area contributed by atoms with E-state index in [0.717, 1.165) is 4.47 Å². The summed E-state index contributed by atoms with van der Waals surface area (Å²) in [5.41, 5.74) is -0.294. The molecule has 0 N–H and O–H groups in total. The van der Waals surface area contributed by atoms with E-state index in [0.29, 0.717) is 10.4 Å². The highest BCUT2D eigenvalue weighted by Gasteiger charge is 2.32. The summed E-state index contributed by atoms with van der Waals surface area (Å²) in [6.07, 6.45) is 0. The van der Waals surface area contributed by atoms with Crippen LogP contribution in [0.5, 0.6) is 0 Å². The van der Waals surface area contributed by atoms with Gasteiger partial charge in [-0.05, 0) is 41.1 Å². The molecule has 0 saturated heterocycles. The maximum atomic E-state index is 12.9. The summed E-state index contributed by atoms with van der Waals surface area (Å²) in [7, 11) is -2.23. The zero-order valence-electron chi connectivity index (χ0n) is 14.0. The summed E-state index contributed by atoms with van der Waals surface area (Å²) in [5, 5.41) is 8.03. The number of hydrogen-bond donors (Lipinski definition) is 0. The highest BCUT2D eigenvalue weighted by Crippen LogP contribution is 2.32. The van der Waals surface area contributed by atoms with Gasteiger partial charge in [0, 0.05) is 21.4 Å². The Bertz CT molecular complexity index is 844. The fourth-order valence-corrected chi connectivity index (χ4v) is 4.93. The minimum Gasteiger partial charge on any atom is -0.423 e. The average Bonchev–Trinajstić information content (AvgIpc) is 2.95. The second kappa shape index (κ2) is 6.86. The van der Waals surface area contributed by atoms with Crippen molar-refractivity contribution >= 4 is 41.9 Å². The van der Waals surface area contributed by atoms with Crippen LogP contribution in [0.25, 0.3) is 0 Å². The molecule has 6 nitrogen and oxygen atoms in total. The SMILES string of the molecule is C[C@@H](c1nnc(C(C)(C)C)o1)N(C)S(=O)(=O)c1ccc(Br)cc1Br. The quantitative estimate of drug-likeness (QED) is 0.652. The van der Waals surface area contributed by atoms with E-state index in [1.165, 1.54) is 11.4 Å². The molecular formula is C15H19Br2N3O3S. The maximum absolute atomic E-state index is 12.9. The maximum Gasteiger partial charge on any atom is 0.244 e. The number of hydrogen-bond acceptors (Lipinski definition) is 5. The first-order chi connectivity index (χ1) is 10.9. The number of rotatable bonds is 4. The summed E-state index contributed by atoms with van der Waals surface area (Å²) in [6.45, 7) is 7.57. The van der Waals surface area contributed by atoms with Gasteiger partial charge in [0.15, 0.2) is 0 Å². The number of benzene rings is 1. The fraction of sp³-hybridized carbons (Fsp3) is 0.467. The molecule has 2 rings (SSSR count). The van der Waals surface area contributed by atoms with Gasteiger partial charge >= 0.3 is 0 Å². The number of aromatic nitrogens is 2. The van der Waals surface area contributed by atoms with Gasteiger partial charge in [0.05, 0.1) is 4.90 Å². The van der Waals surface area contributed by atoms with E-state index in [1.54, 1.807) is 25.1 Å². The lowest BCUT2D eigenvalue weighted by Gasteiger charge is -2.22. The summed E-state index contributed by atoms with van der Waals surface area (Å²) in [6, 6.07) is 4.33. The van der Waals surface area contributed by atoms with Gasteiger partial charge in [-0.1, -0.05) is 36.7 Å². The van der Waals surface area contributed by atoms with E-state index in [-0.39, 0.29) is 16.2 Å². The Kier molecular flexibility index (Phi) is 5.59. The van der Waals surface area contributed by atoms with Crippen LogP contribution in [-0.2, 0) is 15.4 Å². The topological polar surface area (TPSA) is 76.3 Å². The van der Waals surface area contributed by atoms with Crippen molar-refractivity contribution in [2.45, 2.75) is 44.0 Å². The molecule has 0 aliphatic carbocycles.